The molecule has 2 saturated heterocycles. The maximum absolute atomic E-state index is 14.6. The molecule has 0 aliphatic carbocycles. The minimum atomic E-state index is -0.558. The summed E-state index contributed by atoms with van der Waals surface area (Å²) in [5.74, 6) is 0.556. The molecule has 3 aromatic carbocycles. The number of anilines is 1. The van der Waals surface area contributed by atoms with Crippen molar-refractivity contribution in [1.82, 2.24) is 40.0 Å². The summed E-state index contributed by atoms with van der Waals surface area (Å²) in [6, 6.07) is 18.7. The molecule has 52 heavy (non-hydrogen) atoms. The second-order valence-corrected chi connectivity index (χ2v) is 13.8. The van der Waals surface area contributed by atoms with E-state index < -0.39 is 12.1 Å². The lowest BCUT2D eigenvalue weighted by molar-refractivity contribution is -0.132. The van der Waals surface area contributed by atoms with E-state index in [0.717, 1.165) is 43.5 Å². The van der Waals surface area contributed by atoms with Crippen LogP contribution in [0.25, 0.3) is 23.0 Å². The summed E-state index contributed by atoms with van der Waals surface area (Å²) in [6.07, 6.45) is 9.00. The molecule has 2 N–H and O–H groups in total. The van der Waals surface area contributed by atoms with Gasteiger partial charge in [0.1, 0.15) is 18.0 Å². The van der Waals surface area contributed by atoms with E-state index >= 15 is 0 Å². The number of aromatic amines is 1. The average molecular weight is 724 g/mol. The number of rotatable bonds is 8. The Hall–Kier alpha value is -5.40. The maximum Gasteiger partial charge on any atom is 0.411 e. The van der Waals surface area contributed by atoms with Gasteiger partial charge in [0, 0.05) is 52.6 Å². The van der Waals surface area contributed by atoms with Crippen LogP contribution < -0.4 is 5.32 Å². The van der Waals surface area contributed by atoms with E-state index in [1.165, 1.54) is 30.3 Å². The molecule has 2 fully saturated rings. The Kier molecular flexibility index (Phi) is 10.4. The predicted molar refractivity (Wildman–Crippen MR) is 195 cm³/mol. The quantitative estimate of drug-likeness (QED) is 0.165. The standard InChI is InChI=1S/C38H39ClFN9O3/c1-24-15-17-47(18-16-24)31-20-32(25-3-9-29(40)10-4-25)36(37-41-21-33(44-37)26-5-11-30(12-6-26)43-38(51)52-2)48(22-31)35(50)14-7-27-19-28(39)8-13-34(27)49-23-42-45-46-49/h3-14,19,21,23-24,31-32,36H,15-18,20,22H2,1-2H3,(H,41,44)(H,43,51)/b14-7+. The molecule has 4 heterocycles. The molecule has 0 saturated carbocycles. The van der Waals surface area contributed by atoms with E-state index in [1.807, 2.05) is 35.4 Å². The molecule has 5 aromatic rings. The topological polar surface area (TPSA) is 134 Å². The van der Waals surface area contributed by atoms with Gasteiger partial charge in [-0.05, 0) is 103 Å². The molecule has 7 rings (SSSR count). The van der Waals surface area contributed by atoms with E-state index in [2.05, 4.69) is 37.6 Å². The Morgan fingerprint density at radius 1 is 1.06 bits per heavy atom. The van der Waals surface area contributed by atoms with Gasteiger partial charge in [0.2, 0.25) is 5.91 Å². The minimum Gasteiger partial charge on any atom is -0.453 e. The highest BCUT2D eigenvalue weighted by molar-refractivity contribution is 6.30. The van der Waals surface area contributed by atoms with Crippen molar-refractivity contribution >= 4 is 35.4 Å². The third-order valence-electron chi connectivity index (χ3n) is 10.0. The van der Waals surface area contributed by atoms with Crippen LogP contribution >= 0.6 is 11.6 Å². The Morgan fingerprint density at radius 3 is 2.54 bits per heavy atom. The number of imidazole rings is 1. The number of amides is 2. The maximum atomic E-state index is 14.6. The van der Waals surface area contributed by atoms with Crippen LogP contribution in [0.5, 0.6) is 0 Å². The van der Waals surface area contributed by atoms with Gasteiger partial charge in [0.25, 0.3) is 0 Å². The van der Waals surface area contributed by atoms with Crippen molar-refractivity contribution in [2.45, 2.75) is 44.2 Å². The largest absolute Gasteiger partial charge is 0.453 e. The number of H-pyrrole nitrogens is 1. The second kappa shape index (κ2) is 15.5. The third kappa shape index (κ3) is 7.75. The summed E-state index contributed by atoms with van der Waals surface area (Å²) in [5, 5.41) is 14.7. The number of halogens is 2. The highest BCUT2D eigenvalue weighted by Gasteiger charge is 2.43. The minimum absolute atomic E-state index is 0.0865. The van der Waals surface area contributed by atoms with Crippen LogP contribution in [0.1, 0.15) is 55.1 Å². The summed E-state index contributed by atoms with van der Waals surface area (Å²) in [5.41, 5.74) is 4.35. The number of piperidine rings is 2. The zero-order valence-electron chi connectivity index (χ0n) is 28.8. The van der Waals surface area contributed by atoms with Gasteiger partial charge in [-0.15, -0.1) is 5.10 Å². The normalized spacial score (nSPS) is 19.9. The SMILES string of the molecule is COC(=O)Nc1ccc(-c2c[nH]c(C3C(c4ccc(F)cc4)CC(N4CCC(C)CC4)CN3C(=O)/C=C/c3cc(Cl)ccc3-n3cnnn3)n2)cc1. The van der Waals surface area contributed by atoms with Crippen LogP contribution in [-0.4, -0.2) is 84.8 Å². The molecule has 2 aromatic heterocycles. The van der Waals surface area contributed by atoms with Crippen molar-refractivity contribution < 1.29 is 18.7 Å². The number of nitrogens with one attached hydrogen (secondary N) is 2. The van der Waals surface area contributed by atoms with Gasteiger partial charge in [-0.2, -0.15) is 4.68 Å². The summed E-state index contributed by atoms with van der Waals surface area (Å²) in [7, 11) is 1.31. The van der Waals surface area contributed by atoms with Crippen LogP contribution in [0.3, 0.4) is 0 Å². The van der Waals surface area contributed by atoms with Gasteiger partial charge >= 0.3 is 6.09 Å². The fourth-order valence-corrected chi connectivity index (χ4v) is 7.41. The first-order valence-corrected chi connectivity index (χ1v) is 17.7. The first-order chi connectivity index (χ1) is 25.2. The number of likely N-dealkylation sites (tertiary alicyclic amines) is 2. The Labute approximate surface area is 305 Å². The van der Waals surface area contributed by atoms with Crippen LogP contribution in [0, 0.1) is 11.7 Å². The van der Waals surface area contributed by atoms with Gasteiger partial charge in [-0.25, -0.2) is 14.2 Å². The molecule has 3 unspecified atom stereocenters. The summed E-state index contributed by atoms with van der Waals surface area (Å²) >= 11 is 6.39. The number of nitrogens with zero attached hydrogens (tertiary/aromatic N) is 7. The molecular formula is C38H39ClFN9O3. The van der Waals surface area contributed by atoms with Gasteiger partial charge in [0.05, 0.1) is 24.5 Å². The number of ether oxygens (including phenoxy) is 1. The van der Waals surface area contributed by atoms with E-state index in [0.29, 0.717) is 45.9 Å². The number of hydrogen-bond acceptors (Lipinski definition) is 8. The monoisotopic (exact) mass is 723 g/mol. The lowest BCUT2D eigenvalue weighted by Gasteiger charge is -2.48. The third-order valence-corrected chi connectivity index (χ3v) is 10.3. The number of tetrazole rings is 1. The van der Waals surface area contributed by atoms with Gasteiger partial charge in [-0.1, -0.05) is 42.8 Å². The smallest absolute Gasteiger partial charge is 0.411 e. The summed E-state index contributed by atoms with van der Waals surface area (Å²) in [4.78, 5) is 39.1. The molecule has 14 heteroatoms. The number of benzene rings is 3. The number of carbonyl (C=O) groups excluding carboxylic acids is 2. The number of hydrogen-bond donors (Lipinski definition) is 2. The lowest BCUT2D eigenvalue weighted by atomic mass is 9.79. The number of carbonyl (C=O) groups is 2. The molecule has 2 aliphatic heterocycles. The number of methoxy groups -OCH3 is 1. The van der Waals surface area contributed by atoms with Crippen molar-refractivity contribution in [3.63, 3.8) is 0 Å². The molecule has 2 amide bonds. The fraction of sp³-hybridized carbons (Fsp3) is 0.316. The highest BCUT2D eigenvalue weighted by Crippen LogP contribution is 2.44. The first-order valence-electron chi connectivity index (χ1n) is 17.3. The van der Waals surface area contributed by atoms with Crippen LogP contribution in [0.4, 0.5) is 14.9 Å². The Bertz CT molecular complexity index is 2030. The fourth-order valence-electron chi connectivity index (χ4n) is 7.23. The zero-order chi connectivity index (χ0) is 36.2. The van der Waals surface area contributed by atoms with E-state index in [1.54, 1.807) is 42.5 Å². The summed E-state index contributed by atoms with van der Waals surface area (Å²) < 4.78 is 20.5. The van der Waals surface area contributed by atoms with Gasteiger partial charge < -0.3 is 14.6 Å². The highest BCUT2D eigenvalue weighted by atomic mass is 35.5. The Balaban J connectivity index is 1.27. The van der Waals surface area contributed by atoms with Crippen LogP contribution in [0.2, 0.25) is 5.02 Å². The van der Waals surface area contributed by atoms with Crippen molar-refractivity contribution in [3.8, 4) is 16.9 Å². The van der Waals surface area contributed by atoms with Crippen molar-refractivity contribution in [2.75, 3.05) is 32.1 Å². The molecule has 268 valence electrons. The van der Waals surface area contributed by atoms with E-state index in [9.17, 15) is 14.0 Å². The molecule has 12 nitrogen and oxygen atoms in total. The number of aromatic nitrogens is 6. The second-order valence-electron chi connectivity index (χ2n) is 13.4. The average Bonchev–Trinajstić information content (AvgIpc) is 3.88. The van der Waals surface area contributed by atoms with Crippen LogP contribution in [0.15, 0.2) is 85.3 Å². The summed E-state index contributed by atoms with van der Waals surface area (Å²) in [6.45, 7) is 4.68. The van der Waals surface area contributed by atoms with Gasteiger partial charge in [0.15, 0.2) is 0 Å². The molecule has 0 spiro atoms. The van der Waals surface area contributed by atoms with Crippen LogP contribution in [-0.2, 0) is 9.53 Å². The van der Waals surface area contributed by atoms with Crippen molar-refractivity contribution in [2.24, 2.45) is 5.92 Å². The predicted octanol–water partition coefficient (Wildman–Crippen LogP) is 6.89. The van der Waals surface area contributed by atoms with Crippen molar-refractivity contribution in [3.05, 3.63) is 113 Å². The molecule has 0 bridgehead atoms. The molecule has 3 atom stereocenters. The first kappa shape index (κ1) is 35.0. The molecule has 2 aliphatic rings. The van der Waals surface area contributed by atoms with Gasteiger partial charge in [-0.3, -0.25) is 15.0 Å². The Morgan fingerprint density at radius 2 is 1.83 bits per heavy atom. The van der Waals surface area contributed by atoms with E-state index in [-0.39, 0.29) is 23.7 Å². The zero-order valence-corrected chi connectivity index (χ0v) is 29.6. The molecular weight excluding hydrogens is 685 g/mol. The van der Waals surface area contributed by atoms with E-state index in [4.69, 9.17) is 21.3 Å². The van der Waals surface area contributed by atoms with Crippen molar-refractivity contribution in [1.29, 1.82) is 0 Å². The molecule has 0 radical (unpaired) electrons. The lowest BCUT2D eigenvalue weighted by Crippen LogP contribution is -2.54.